The second-order valence-corrected chi connectivity index (χ2v) is 8.04. The fourth-order valence-electron chi connectivity index (χ4n) is 4.28. The summed E-state index contributed by atoms with van der Waals surface area (Å²) in [5.74, 6) is 0.181. The molecule has 1 atom stereocenters. The Kier molecular flexibility index (Phi) is 4.90. The third-order valence-corrected chi connectivity index (χ3v) is 6.58. The van der Waals surface area contributed by atoms with Gasteiger partial charge in [-0.1, -0.05) is 6.07 Å². The summed E-state index contributed by atoms with van der Waals surface area (Å²) >= 11 is 1.53. The van der Waals surface area contributed by atoms with Crippen molar-refractivity contribution >= 4 is 17.2 Å². The van der Waals surface area contributed by atoms with Crippen LogP contribution in [0.25, 0.3) is 0 Å². The molecule has 0 saturated carbocycles. The number of rotatable bonds is 2. The van der Waals surface area contributed by atoms with Gasteiger partial charge in [-0.3, -0.25) is 9.69 Å². The van der Waals surface area contributed by atoms with Crippen LogP contribution in [0.2, 0.25) is 0 Å². The van der Waals surface area contributed by atoms with Crippen LogP contribution in [0.5, 0.6) is 0 Å². The van der Waals surface area contributed by atoms with Crippen LogP contribution >= 0.6 is 11.3 Å². The minimum Gasteiger partial charge on any atom is -0.379 e. The molecule has 0 radical (unpaired) electrons. The van der Waals surface area contributed by atoms with E-state index in [9.17, 15) is 4.79 Å². The number of carbonyl (C=O) groups is 1. The lowest BCUT2D eigenvalue weighted by molar-refractivity contribution is -0.136. The smallest absolute Gasteiger partial charge is 0.263 e. The summed E-state index contributed by atoms with van der Waals surface area (Å²) in [6.07, 6.45) is 4.16. The summed E-state index contributed by atoms with van der Waals surface area (Å²) < 4.78 is 11.7. The summed E-state index contributed by atoms with van der Waals surface area (Å²) in [5, 5.41) is 1.97. The zero-order chi connectivity index (χ0) is 16.4. The molecular weight excluding hydrogens is 324 g/mol. The average molecular weight is 350 g/mol. The highest BCUT2D eigenvalue weighted by Crippen LogP contribution is 2.37. The van der Waals surface area contributed by atoms with Gasteiger partial charge in [0.15, 0.2) is 0 Å². The Bertz CT molecular complexity index is 549. The van der Waals surface area contributed by atoms with E-state index in [0.29, 0.717) is 6.04 Å². The molecule has 4 heterocycles. The predicted octanol–water partition coefficient (Wildman–Crippen LogP) is 2.23. The van der Waals surface area contributed by atoms with Gasteiger partial charge in [0.25, 0.3) is 5.91 Å². The van der Waals surface area contributed by atoms with Crippen molar-refractivity contribution in [2.45, 2.75) is 37.3 Å². The zero-order valence-corrected chi connectivity index (χ0v) is 14.9. The first-order chi connectivity index (χ1) is 11.8. The van der Waals surface area contributed by atoms with Gasteiger partial charge in [0, 0.05) is 38.8 Å². The van der Waals surface area contributed by atoms with Gasteiger partial charge in [-0.15, -0.1) is 11.3 Å². The largest absolute Gasteiger partial charge is 0.379 e. The molecule has 1 aromatic heterocycles. The maximum Gasteiger partial charge on any atom is 0.263 e. The molecule has 4 rings (SSSR count). The van der Waals surface area contributed by atoms with E-state index in [0.717, 1.165) is 76.6 Å². The van der Waals surface area contributed by atoms with E-state index in [4.69, 9.17) is 9.47 Å². The number of hydrogen-bond donors (Lipinski definition) is 0. The molecule has 24 heavy (non-hydrogen) atoms. The second-order valence-electron chi connectivity index (χ2n) is 7.10. The molecule has 1 unspecified atom stereocenters. The molecule has 1 amide bonds. The van der Waals surface area contributed by atoms with Crippen LogP contribution in [-0.4, -0.2) is 73.3 Å². The number of hydrogen-bond acceptors (Lipinski definition) is 5. The van der Waals surface area contributed by atoms with Crippen LogP contribution in [0.3, 0.4) is 0 Å². The summed E-state index contributed by atoms with van der Waals surface area (Å²) in [5.41, 5.74) is -0.0204. The molecule has 0 aliphatic carbocycles. The lowest BCUT2D eigenvalue weighted by Gasteiger charge is -2.49. The molecule has 3 fully saturated rings. The lowest BCUT2D eigenvalue weighted by atomic mass is 9.81. The third-order valence-electron chi connectivity index (χ3n) is 5.72. The van der Waals surface area contributed by atoms with Crippen LogP contribution in [-0.2, 0) is 9.47 Å². The van der Waals surface area contributed by atoms with E-state index < -0.39 is 0 Å². The van der Waals surface area contributed by atoms with Gasteiger partial charge >= 0.3 is 0 Å². The van der Waals surface area contributed by atoms with Crippen molar-refractivity contribution in [3.05, 3.63) is 22.4 Å². The van der Waals surface area contributed by atoms with E-state index in [1.54, 1.807) is 0 Å². The normalized spacial score (nSPS) is 28.2. The van der Waals surface area contributed by atoms with Gasteiger partial charge in [0.2, 0.25) is 0 Å². The Hall–Kier alpha value is -0.950. The quantitative estimate of drug-likeness (QED) is 0.820. The third kappa shape index (κ3) is 3.38. The minimum atomic E-state index is -0.0204. The molecule has 5 nitrogen and oxygen atoms in total. The van der Waals surface area contributed by atoms with Crippen molar-refractivity contribution in [1.82, 2.24) is 9.80 Å². The monoisotopic (exact) mass is 350 g/mol. The summed E-state index contributed by atoms with van der Waals surface area (Å²) in [6.45, 7) is 6.27. The van der Waals surface area contributed by atoms with E-state index in [2.05, 4.69) is 4.90 Å². The maximum atomic E-state index is 12.5. The summed E-state index contributed by atoms with van der Waals surface area (Å²) in [7, 11) is 0. The van der Waals surface area contributed by atoms with Crippen LogP contribution in [0.1, 0.15) is 35.4 Å². The first-order valence-corrected chi connectivity index (χ1v) is 9.92. The number of morpholine rings is 1. The van der Waals surface area contributed by atoms with Crippen molar-refractivity contribution in [2.24, 2.45) is 0 Å². The number of piperidine rings is 1. The van der Waals surface area contributed by atoms with Crippen LogP contribution in [0.4, 0.5) is 0 Å². The fraction of sp³-hybridized carbons (Fsp3) is 0.722. The van der Waals surface area contributed by atoms with Crippen molar-refractivity contribution in [3.8, 4) is 0 Å². The highest BCUT2D eigenvalue weighted by Gasteiger charge is 2.42. The van der Waals surface area contributed by atoms with Crippen molar-refractivity contribution in [2.75, 3.05) is 46.0 Å². The fourth-order valence-corrected chi connectivity index (χ4v) is 4.97. The Morgan fingerprint density at radius 3 is 2.67 bits per heavy atom. The van der Waals surface area contributed by atoms with E-state index >= 15 is 0 Å². The van der Waals surface area contributed by atoms with Gasteiger partial charge in [0.05, 0.1) is 23.7 Å². The van der Waals surface area contributed by atoms with Gasteiger partial charge in [0.1, 0.15) is 0 Å². The molecule has 1 spiro atoms. The van der Waals surface area contributed by atoms with E-state index in [-0.39, 0.29) is 11.5 Å². The second kappa shape index (κ2) is 7.12. The molecule has 3 aliphatic heterocycles. The molecule has 0 aromatic carbocycles. The van der Waals surface area contributed by atoms with Gasteiger partial charge in [-0.25, -0.2) is 0 Å². The first-order valence-electron chi connectivity index (χ1n) is 9.04. The van der Waals surface area contributed by atoms with E-state index in [1.165, 1.54) is 11.3 Å². The topological polar surface area (TPSA) is 42.0 Å². The Morgan fingerprint density at radius 2 is 1.96 bits per heavy atom. The van der Waals surface area contributed by atoms with Crippen LogP contribution in [0, 0.1) is 0 Å². The number of likely N-dealkylation sites (tertiary alicyclic amines) is 1. The molecule has 0 bridgehead atoms. The molecule has 1 aromatic rings. The average Bonchev–Trinajstić information content (AvgIpc) is 3.17. The predicted molar refractivity (Wildman–Crippen MR) is 93.6 cm³/mol. The minimum absolute atomic E-state index is 0.0204. The van der Waals surface area contributed by atoms with Gasteiger partial charge < -0.3 is 14.4 Å². The molecule has 132 valence electrons. The number of amides is 1. The van der Waals surface area contributed by atoms with E-state index in [1.807, 2.05) is 22.4 Å². The number of carbonyl (C=O) groups excluding carboxylic acids is 1. The number of ether oxygens (including phenoxy) is 2. The van der Waals surface area contributed by atoms with Gasteiger partial charge in [-0.2, -0.15) is 0 Å². The highest BCUT2D eigenvalue weighted by molar-refractivity contribution is 7.12. The Labute approximate surface area is 147 Å². The zero-order valence-electron chi connectivity index (χ0n) is 14.1. The van der Waals surface area contributed by atoms with Crippen LogP contribution < -0.4 is 0 Å². The molecule has 0 N–H and O–H groups in total. The number of nitrogens with zero attached hydrogens (tertiary/aromatic N) is 2. The standard InChI is InChI=1S/C18H26N2O3S/c21-17(16-2-1-13-24-16)20-6-4-18(5-7-20)14-15(3-10-23-18)19-8-11-22-12-9-19/h1-2,13,15H,3-12,14H2. The van der Waals surface area contributed by atoms with Gasteiger partial charge in [-0.05, 0) is 37.1 Å². The maximum absolute atomic E-state index is 12.5. The first kappa shape index (κ1) is 16.5. The lowest BCUT2D eigenvalue weighted by Crippen LogP contribution is -2.55. The summed E-state index contributed by atoms with van der Waals surface area (Å²) in [4.78, 5) is 17.9. The number of thiophene rings is 1. The summed E-state index contributed by atoms with van der Waals surface area (Å²) in [6, 6.07) is 4.48. The molecular formula is C18H26N2O3S. The highest BCUT2D eigenvalue weighted by atomic mass is 32.1. The van der Waals surface area contributed by atoms with Crippen molar-refractivity contribution < 1.29 is 14.3 Å². The van der Waals surface area contributed by atoms with Crippen molar-refractivity contribution in [3.63, 3.8) is 0 Å². The van der Waals surface area contributed by atoms with Crippen molar-refractivity contribution in [1.29, 1.82) is 0 Å². The Morgan fingerprint density at radius 1 is 1.17 bits per heavy atom. The van der Waals surface area contributed by atoms with Crippen LogP contribution in [0.15, 0.2) is 17.5 Å². The molecule has 6 heteroatoms. The SMILES string of the molecule is O=C(c1cccs1)N1CCC2(CC1)CC(N1CCOCC1)CCO2. The Balaban J connectivity index is 1.36. The molecule has 3 saturated heterocycles. The molecule has 3 aliphatic rings.